The molecule has 0 saturated carbocycles. The van der Waals surface area contributed by atoms with Crippen LogP contribution in [0, 0.1) is 0 Å². The Hall–Kier alpha value is -1.52. The molecule has 78 valence electrons. The van der Waals surface area contributed by atoms with E-state index in [1.54, 1.807) is 11.9 Å². The van der Waals surface area contributed by atoms with Crippen molar-refractivity contribution in [2.75, 3.05) is 18.8 Å². The van der Waals surface area contributed by atoms with Crippen LogP contribution in [0.3, 0.4) is 0 Å². The van der Waals surface area contributed by atoms with E-state index in [-0.39, 0.29) is 5.91 Å². The van der Waals surface area contributed by atoms with Gasteiger partial charge < -0.3 is 10.6 Å². The van der Waals surface area contributed by atoms with Crippen LogP contribution in [0.2, 0.25) is 0 Å². The van der Waals surface area contributed by atoms with Crippen molar-refractivity contribution in [2.45, 2.75) is 13.8 Å². The quantitative estimate of drug-likeness (QED) is 0.765. The van der Waals surface area contributed by atoms with Gasteiger partial charge in [-0.25, -0.2) is 0 Å². The third-order valence-corrected chi connectivity index (χ3v) is 2.27. The van der Waals surface area contributed by atoms with Crippen molar-refractivity contribution in [3.8, 4) is 0 Å². The summed E-state index contributed by atoms with van der Waals surface area (Å²) in [6.45, 7) is 5.25. The van der Waals surface area contributed by atoms with Gasteiger partial charge in [0.2, 0.25) is 0 Å². The largest absolute Gasteiger partial charge is 0.383 e. The van der Waals surface area contributed by atoms with E-state index in [1.165, 1.54) is 10.9 Å². The summed E-state index contributed by atoms with van der Waals surface area (Å²) in [6.07, 6.45) is 1.51. The molecule has 5 heteroatoms. The first-order chi connectivity index (χ1) is 6.61. The SMILES string of the molecule is CCN(CC)C(=O)c1cnn(C)c1N. The minimum absolute atomic E-state index is 0.0550. The highest BCUT2D eigenvalue weighted by atomic mass is 16.2. The molecule has 0 radical (unpaired) electrons. The van der Waals surface area contributed by atoms with Crippen LogP contribution >= 0.6 is 0 Å². The van der Waals surface area contributed by atoms with E-state index >= 15 is 0 Å². The lowest BCUT2D eigenvalue weighted by Crippen LogP contribution is -2.30. The smallest absolute Gasteiger partial charge is 0.259 e. The Morgan fingerprint density at radius 2 is 2.14 bits per heavy atom. The average Bonchev–Trinajstić information content (AvgIpc) is 2.49. The van der Waals surface area contributed by atoms with Crippen LogP contribution in [0.1, 0.15) is 24.2 Å². The molecule has 0 saturated heterocycles. The number of aromatic nitrogens is 2. The van der Waals surface area contributed by atoms with Gasteiger partial charge in [-0.2, -0.15) is 5.10 Å². The highest BCUT2D eigenvalue weighted by Gasteiger charge is 2.17. The van der Waals surface area contributed by atoms with Crippen molar-refractivity contribution in [1.29, 1.82) is 0 Å². The van der Waals surface area contributed by atoms with E-state index in [4.69, 9.17) is 5.73 Å². The zero-order valence-electron chi connectivity index (χ0n) is 8.82. The van der Waals surface area contributed by atoms with Crippen LogP contribution < -0.4 is 5.73 Å². The molecule has 1 heterocycles. The van der Waals surface area contributed by atoms with Crippen LogP contribution in [0.25, 0.3) is 0 Å². The Morgan fingerprint density at radius 3 is 2.50 bits per heavy atom. The molecule has 0 fully saturated rings. The van der Waals surface area contributed by atoms with Gasteiger partial charge in [0.15, 0.2) is 0 Å². The summed E-state index contributed by atoms with van der Waals surface area (Å²) >= 11 is 0. The number of hydrogen-bond donors (Lipinski definition) is 1. The van der Waals surface area contributed by atoms with Gasteiger partial charge in [0.1, 0.15) is 11.4 Å². The summed E-state index contributed by atoms with van der Waals surface area (Å²) in [6, 6.07) is 0. The minimum Gasteiger partial charge on any atom is -0.383 e. The molecule has 0 unspecified atom stereocenters. The maximum atomic E-state index is 11.8. The van der Waals surface area contributed by atoms with E-state index in [9.17, 15) is 4.79 Å². The lowest BCUT2D eigenvalue weighted by Gasteiger charge is -2.17. The molecule has 0 bridgehead atoms. The Morgan fingerprint density at radius 1 is 1.57 bits per heavy atom. The summed E-state index contributed by atoms with van der Waals surface area (Å²) in [5, 5.41) is 3.93. The summed E-state index contributed by atoms with van der Waals surface area (Å²) < 4.78 is 1.50. The number of nitrogens with zero attached hydrogens (tertiary/aromatic N) is 3. The van der Waals surface area contributed by atoms with E-state index in [0.29, 0.717) is 24.5 Å². The van der Waals surface area contributed by atoms with Crippen LogP contribution in [0.4, 0.5) is 5.82 Å². The van der Waals surface area contributed by atoms with Crippen LogP contribution in [0.5, 0.6) is 0 Å². The number of nitrogens with two attached hydrogens (primary N) is 1. The highest BCUT2D eigenvalue weighted by molar-refractivity contribution is 5.98. The number of amides is 1. The Bertz CT molecular complexity index is 328. The summed E-state index contributed by atoms with van der Waals surface area (Å²) in [7, 11) is 1.72. The molecule has 1 rings (SSSR count). The molecule has 0 spiro atoms. The zero-order chi connectivity index (χ0) is 10.7. The van der Waals surface area contributed by atoms with Crippen molar-refractivity contribution >= 4 is 11.7 Å². The third-order valence-electron chi connectivity index (χ3n) is 2.27. The number of carbonyl (C=O) groups is 1. The molecule has 0 aliphatic rings. The highest BCUT2D eigenvalue weighted by Crippen LogP contribution is 2.12. The van der Waals surface area contributed by atoms with Crippen molar-refractivity contribution in [2.24, 2.45) is 7.05 Å². The van der Waals surface area contributed by atoms with Crippen LogP contribution in [0.15, 0.2) is 6.20 Å². The number of aryl methyl sites for hydroxylation is 1. The molecular weight excluding hydrogens is 180 g/mol. The fraction of sp³-hybridized carbons (Fsp3) is 0.556. The van der Waals surface area contributed by atoms with Crippen molar-refractivity contribution in [3.63, 3.8) is 0 Å². The second-order valence-corrected chi connectivity index (χ2v) is 3.04. The van der Waals surface area contributed by atoms with Gasteiger partial charge in [0, 0.05) is 20.1 Å². The van der Waals surface area contributed by atoms with Gasteiger partial charge in [0.05, 0.1) is 6.20 Å². The predicted molar refractivity (Wildman–Crippen MR) is 54.9 cm³/mol. The summed E-state index contributed by atoms with van der Waals surface area (Å²) in [5.74, 6) is 0.363. The summed E-state index contributed by atoms with van der Waals surface area (Å²) in [5.41, 5.74) is 6.19. The number of nitrogen functional groups attached to an aromatic ring is 1. The second-order valence-electron chi connectivity index (χ2n) is 3.04. The van der Waals surface area contributed by atoms with E-state index in [1.807, 2.05) is 13.8 Å². The van der Waals surface area contributed by atoms with Gasteiger partial charge in [-0.3, -0.25) is 9.48 Å². The maximum Gasteiger partial charge on any atom is 0.259 e. The number of rotatable bonds is 3. The van der Waals surface area contributed by atoms with Gasteiger partial charge in [-0.1, -0.05) is 0 Å². The average molecular weight is 196 g/mol. The van der Waals surface area contributed by atoms with Gasteiger partial charge in [0.25, 0.3) is 5.91 Å². The number of anilines is 1. The topological polar surface area (TPSA) is 64.2 Å². The van der Waals surface area contributed by atoms with Crippen LogP contribution in [-0.4, -0.2) is 33.7 Å². The van der Waals surface area contributed by atoms with Gasteiger partial charge >= 0.3 is 0 Å². The number of hydrogen-bond acceptors (Lipinski definition) is 3. The molecule has 14 heavy (non-hydrogen) atoms. The molecular formula is C9H16N4O. The Labute approximate surface area is 83.5 Å². The van der Waals surface area contributed by atoms with Crippen molar-refractivity contribution < 1.29 is 4.79 Å². The minimum atomic E-state index is -0.0550. The molecule has 1 amide bonds. The Balaban J connectivity index is 2.94. The zero-order valence-corrected chi connectivity index (χ0v) is 8.82. The standard InChI is InChI=1S/C9H16N4O/c1-4-13(5-2)9(14)7-6-11-12(3)8(7)10/h6H,4-5,10H2,1-3H3. The molecule has 1 aromatic heterocycles. The van der Waals surface area contributed by atoms with Crippen molar-refractivity contribution in [1.82, 2.24) is 14.7 Å². The van der Waals surface area contributed by atoms with E-state index < -0.39 is 0 Å². The first-order valence-corrected chi connectivity index (χ1v) is 4.68. The first-order valence-electron chi connectivity index (χ1n) is 4.68. The second kappa shape index (κ2) is 4.13. The fourth-order valence-corrected chi connectivity index (χ4v) is 1.29. The van der Waals surface area contributed by atoms with E-state index in [2.05, 4.69) is 5.10 Å². The van der Waals surface area contributed by atoms with Crippen molar-refractivity contribution in [3.05, 3.63) is 11.8 Å². The fourth-order valence-electron chi connectivity index (χ4n) is 1.29. The molecule has 0 atom stereocenters. The molecule has 2 N–H and O–H groups in total. The Kier molecular flexibility index (Phi) is 3.11. The third kappa shape index (κ3) is 1.71. The lowest BCUT2D eigenvalue weighted by atomic mass is 10.3. The normalized spacial score (nSPS) is 10.2. The molecule has 0 aliphatic heterocycles. The monoisotopic (exact) mass is 196 g/mol. The summed E-state index contributed by atoms with van der Waals surface area (Å²) in [4.78, 5) is 13.5. The molecule has 1 aromatic rings. The first kappa shape index (κ1) is 10.6. The van der Waals surface area contributed by atoms with Gasteiger partial charge in [-0.15, -0.1) is 0 Å². The molecule has 0 aliphatic carbocycles. The van der Waals surface area contributed by atoms with Gasteiger partial charge in [-0.05, 0) is 13.8 Å². The lowest BCUT2D eigenvalue weighted by molar-refractivity contribution is 0.0774. The molecule has 0 aromatic carbocycles. The predicted octanol–water partition coefficient (Wildman–Crippen LogP) is 0.484. The molecule has 5 nitrogen and oxygen atoms in total. The van der Waals surface area contributed by atoms with E-state index in [0.717, 1.165) is 0 Å². The number of carbonyl (C=O) groups excluding carboxylic acids is 1. The van der Waals surface area contributed by atoms with Crippen LogP contribution in [-0.2, 0) is 7.05 Å². The maximum absolute atomic E-state index is 11.8.